The Morgan fingerprint density at radius 1 is 0.947 bits per heavy atom. The molecule has 6 aliphatic rings. The van der Waals surface area contributed by atoms with Gasteiger partial charge in [0, 0.05) is 91.1 Å². The Morgan fingerprint density at radius 2 is 1.72 bits per heavy atom. The van der Waals surface area contributed by atoms with E-state index in [1.54, 1.807) is 14.2 Å². The van der Waals surface area contributed by atoms with Gasteiger partial charge in [0.25, 0.3) is 0 Å². The number of methoxy groups -OCH3 is 4. The summed E-state index contributed by atoms with van der Waals surface area (Å²) in [6.07, 6.45) is 6.88. The maximum atomic E-state index is 15.3. The van der Waals surface area contributed by atoms with Crippen LogP contribution in [-0.2, 0) is 41.1 Å². The number of para-hydroxylation sites is 1. The summed E-state index contributed by atoms with van der Waals surface area (Å²) >= 11 is 0. The molecule has 1 aromatic heterocycles. The number of nitrogens with one attached hydrogen (secondary N) is 1. The van der Waals surface area contributed by atoms with Gasteiger partial charge in [0.05, 0.1) is 33.0 Å². The lowest BCUT2D eigenvalue weighted by atomic mass is 9.47. The molecule has 1 spiro atoms. The second-order valence-corrected chi connectivity index (χ2v) is 17.8. The molecule has 12 nitrogen and oxygen atoms in total. The lowest BCUT2D eigenvalue weighted by molar-refractivity contribution is -0.225. The van der Waals surface area contributed by atoms with Crippen LogP contribution in [0.15, 0.2) is 48.6 Å². The van der Waals surface area contributed by atoms with Gasteiger partial charge in [-0.2, -0.15) is 0 Å². The Balaban J connectivity index is 1.37. The van der Waals surface area contributed by atoms with Crippen LogP contribution in [0.25, 0.3) is 10.9 Å². The molecule has 306 valence electrons. The highest BCUT2D eigenvalue weighted by Crippen LogP contribution is 2.68. The second kappa shape index (κ2) is 13.3. The van der Waals surface area contributed by atoms with Gasteiger partial charge in [0.1, 0.15) is 17.3 Å². The number of rotatable bonds is 7. The van der Waals surface area contributed by atoms with Crippen molar-refractivity contribution in [3.8, 4) is 5.75 Å². The molecule has 3 fully saturated rings. The van der Waals surface area contributed by atoms with Gasteiger partial charge in [-0.15, -0.1) is 0 Å². The zero-order chi connectivity index (χ0) is 40.3. The third kappa shape index (κ3) is 4.85. The van der Waals surface area contributed by atoms with E-state index in [9.17, 15) is 15.0 Å². The molecule has 2 aromatic carbocycles. The zero-order valence-electron chi connectivity index (χ0n) is 34.4. The minimum Gasteiger partial charge on any atom is -0.496 e. The van der Waals surface area contributed by atoms with Crippen molar-refractivity contribution in [2.24, 2.45) is 11.3 Å². The first-order chi connectivity index (χ1) is 27.4. The topological polar surface area (TPSA) is 137 Å². The number of benzene rings is 2. The fourth-order valence-electron chi connectivity index (χ4n) is 13.5. The van der Waals surface area contributed by atoms with Crippen LogP contribution in [0.3, 0.4) is 0 Å². The predicted octanol–water partition coefficient (Wildman–Crippen LogP) is 4.07. The van der Waals surface area contributed by atoms with E-state index in [0.717, 1.165) is 59.6 Å². The number of hydrogen-bond acceptors (Lipinski definition) is 11. The number of carbonyl (C=O) groups excluding carboxylic acids is 2. The van der Waals surface area contributed by atoms with Crippen LogP contribution in [0.1, 0.15) is 68.3 Å². The number of piperidine rings is 1. The Bertz CT molecular complexity index is 2150. The van der Waals surface area contributed by atoms with Crippen LogP contribution in [0.4, 0.5) is 5.69 Å². The number of carbonyl (C=O) groups is 2. The number of ether oxygens (including phenoxy) is 4. The van der Waals surface area contributed by atoms with E-state index >= 15 is 4.79 Å². The summed E-state index contributed by atoms with van der Waals surface area (Å²) in [5.74, 6) is -0.692. The summed E-state index contributed by atoms with van der Waals surface area (Å²) in [5.41, 5.74) is -0.635. The molecule has 1 aliphatic carbocycles. The predicted molar refractivity (Wildman–Crippen MR) is 216 cm³/mol. The van der Waals surface area contributed by atoms with Crippen molar-refractivity contribution in [1.82, 2.24) is 14.8 Å². The molecule has 12 heteroatoms. The molecule has 5 aliphatic heterocycles. The van der Waals surface area contributed by atoms with Crippen LogP contribution < -0.4 is 9.64 Å². The smallest absolute Gasteiger partial charge is 0.342 e. The van der Waals surface area contributed by atoms with E-state index in [-0.39, 0.29) is 12.0 Å². The maximum Gasteiger partial charge on any atom is 0.342 e. The minimum absolute atomic E-state index is 0.0635. The number of likely N-dealkylation sites (N-methyl/N-ethyl adjacent to an activating group) is 1. The molecule has 0 amide bonds. The number of hydrogen-bond donors (Lipinski definition) is 3. The summed E-state index contributed by atoms with van der Waals surface area (Å²) in [7, 11) is 7.93. The Hall–Kier alpha value is -3.94. The first-order valence-electron chi connectivity index (χ1n) is 20.7. The second-order valence-electron chi connectivity index (χ2n) is 17.8. The van der Waals surface area contributed by atoms with Gasteiger partial charge >= 0.3 is 11.9 Å². The molecular formula is C45H58N4O8. The van der Waals surface area contributed by atoms with Crippen molar-refractivity contribution < 1.29 is 38.7 Å². The Morgan fingerprint density at radius 3 is 2.42 bits per heavy atom. The highest BCUT2D eigenvalue weighted by Gasteiger charge is 2.79. The molecule has 2 saturated heterocycles. The van der Waals surface area contributed by atoms with E-state index < -0.39 is 51.5 Å². The third-order valence-corrected chi connectivity index (χ3v) is 15.6. The molecule has 1 saturated carbocycles. The van der Waals surface area contributed by atoms with Crippen molar-refractivity contribution in [2.45, 2.75) is 92.6 Å². The van der Waals surface area contributed by atoms with Gasteiger partial charge in [-0.1, -0.05) is 44.2 Å². The first-order valence-corrected chi connectivity index (χ1v) is 20.7. The molecule has 10 atom stereocenters. The monoisotopic (exact) mass is 782 g/mol. The van der Waals surface area contributed by atoms with Crippen LogP contribution in [0, 0.1) is 11.3 Å². The molecule has 3 aromatic rings. The van der Waals surface area contributed by atoms with E-state index in [1.807, 2.05) is 37.1 Å². The Kier molecular flexibility index (Phi) is 8.99. The summed E-state index contributed by atoms with van der Waals surface area (Å²) in [4.78, 5) is 40.2. The van der Waals surface area contributed by atoms with E-state index in [2.05, 4.69) is 52.1 Å². The number of aromatic amines is 1. The highest BCUT2D eigenvalue weighted by molar-refractivity contribution is 5.95. The largest absolute Gasteiger partial charge is 0.496 e. The van der Waals surface area contributed by atoms with E-state index in [1.165, 1.54) is 14.2 Å². The van der Waals surface area contributed by atoms with Crippen molar-refractivity contribution in [2.75, 3.05) is 73.1 Å². The molecule has 9 rings (SSSR count). The van der Waals surface area contributed by atoms with Crippen molar-refractivity contribution in [3.05, 3.63) is 70.9 Å². The average Bonchev–Trinajstić information content (AvgIpc) is 3.88. The van der Waals surface area contributed by atoms with Crippen LogP contribution in [0.5, 0.6) is 5.75 Å². The maximum absolute atomic E-state index is 15.3. The van der Waals surface area contributed by atoms with Gasteiger partial charge in [-0.05, 0) is 74.2 Å². The Labute approximate surface area is 335 Å². The van der Waals surface area contributed by atoms with Gasteiger partial charge in [-0.3, -0.25) is 14.6 Å². The molecule has 3 N–H and O–H groups in total. The molecular weight excluding hydrogens is 725 g/mol. The fraction of sp³-hybridized carbons (Fsp3) is 0.600. The first kappa shape index (κ1) is 38.6. The number of H-pyrrole nitrogens is 1. The fourth-order valence-corrected chi connectivity index (χ4v) is 13.5. The molecule has 2 bridgehead atoms. The number of nitrogens with zero attached hydrogens (tertiary/aromatic N) is 3. The van der Waals surface area contributed by atoms with Crippen LogP contribution >= 0.6 is 0 Å². The molecule has 0 radical (unpaired) electrons. The molecule has 57 heavy (non-hydrogen) atoms. The summed E-state index contributed by atoms with van der Waals surface area (Å²) in [6, 6.07) is 11.5. The molecule has 4 unspecified atom stereocenters. The van der Waals surface area contributed by atoms with Gasteiger partial charge in [0.15, 0.2) is 0 Å². The lowest BCUT2D eigenvalue weighted by Gasteiger charge is -2.63. The molecule has 6 heterocycles. The van der Waals surface area contributed by atoms with Gasteiger partial charge in [-0.25, -0.2) is 4.79 Å². The van der Waals surface area contributed by atoms with Gasteiger partial charge < -0.3 is 39.0 Å². The summed E-state index contributed by atoms with van der Waals surface area (Å²) in [6.45, 7) is 7.68. The number of aliphatic hydroxyl groups is 2. The lowest BCUT2D eigenvalue weighted by Crippen LogP contribution is -2.81. The summed E-state index contributed by atoms with van der Waals surface area (Å²) < 4.78 is 24.1. The van der Waals surface area contributed by atoms with Crippen molar-refractivity contribution in [3.63, 3.8) is 0 Å². The zero-order valence-corrected chi connectivity index (χ0v) is 34.4. The van der Waals surface area contributed by atoms with Crippen molar-refractivity contribution >= 4 is 28.5 Å². The number of fused-ring (bicyclic) bond motifs is 6. The number of esters is 2. The average molecular weight is 783 g/mol. The van der Waals surface area contributed by atoms with Crippen LogP contribution in [-0.4, -0.2) is 135 Å². The normalized spacial score (nSPS) is 38.0. The van der Waals surface area contributed by atoms with E-state index in [4.69, 9.17) is 18.9 Å². The number of aromatic nitrogens is 1. The van der Waals surface area contributed by atoms with Gasteiger partial charge in [0.2, 0.25) is 5.60 Å². The quantitative estimate of drug-likeness (QED) is 0.237. The van der Waals surface area contributed by atoms with Crippen LogP contribution in [0.2, 0.25) is 0 Å². The van der Waals surface area contributed by atoms with E-state index in [0.29, 0.717) is 56.4 Å². The third-order valence-electron chi connectivity index (χ3n) is 15.6. The highest BCUT2D eigenvalue weighted by atomic mass is 16.6. The SMILES string of the molecule is CC[C@]1(O)C[C@@H]2CN(CCc3c([nH]c4ccccc34)[C@](C(=O)OC)(c3cc4c(cc3OC)N(C)C3C45CCN4CC=C[C@](CC)(C45)[C@@H](OC)[C@]3(O)C(=O)OC)C2)C1. The standard InChI is InChI=1S/C45H58N4O8/c1-8-41(52)23-27-24-44(39(50)56-6,35-29(15-19-48(25-27)26-41)28-13-10-11-14-32(28)46-35)31-21-30-33(22-34(31)54-4)47(3)37-43(30)17-20-49-18-12-16-42(9-2,36(43)49)38(55-5)45(37,53)40(51)57-7/h10-14,16,21-22,27,36-38,46,52-53H,8-9,15,17-20,23-26H2,1-7H3/t27-,36?,37?,38+,41-,42+,43?,44+,45-/m0/s1. The summed E-state index contributed by atoms with van der Waals surface area (Å²) in [5, 5.41) is 26.2. The van der Waals surface area contributed by atoms with Crippen molar-refractivity contribution in [1.29, 1.82) is 0 Å². The number of anilines is 1. The minimum atomic E-state index is -2.06.